The van der Waals surface area contributed by atoms with Crippen molar-refractivity contribution in [1.29, 1.82) is 0 Å². The van der Waals surface area contributed by atoms with Gasteiger partial charge in [0.05, 0.1) is 6.54 Å². The zero-order chi connectivity index (χ0) is 12.3. The van der Waals surface area contributed by atoms with Crippen molar-refractivity contribution >= 4 is 16.0 Å². The first-order chi connectivity index (χ1) is 8.07. The molecule has 1 aromatic rings. The van der Waals surface area contributed by atoms with E-state index in [0.29, 0.717) is 5.56 Å². The first-order valence-corrected chi connectivity index (χ1v) is 6.90. The van der Waals surface area contributed by atoms with Gasteiger partial charge < -0.3 is 0 Å². The van der Waals surface area contributed by atoms with Gasteiger partial charge in [0.25, 0.3) is 10.2 Å². The Hall–Kier alpha value is -1.24. The van der Waals surface area contributed by atoms with Crippen LogP contribution in [0.5, 0.6) is 0 Å². The standard InChI is InChI=1S/C11H14N2O3S/c14-11(9-4-2-1-3-5-9)8-12-17(15,16)13-10-6-7-10/h1-5,10,12-13H,6-8H2. The van der Waals surface area contributed by atoms with Crippen LogP contribution in [0.25, 0.3) is 0 Å². The fourth-order valence-corrected chi connectivity index (χ4v) is 2.43. The second kappa shape index (κ2) is 4.95. The number of ketones is 1. The van der Waals surface area contributed by atoms with Crippen LogP contribution < -0.4 is 9.44 Å². The zero-order valence-corrected chi connectivity index (χ0v) is 10.0. The highest BCUT2D eigenvalue weighted by Crippen LogP contribution is 2.19. The van der Waals surface area contributed by atoms with E-state index in [1.807, 2.05) is 0 Å². The van der Waals surface area contributed by atoms with Crippen molar-refractivity contribution in [2.24, 2.45) is 0 Å². The summed E-state index contributed by atoms with van der Waals surface area (Å²) < 4.78 is 27.6. The van der Waals surface area contributed by atoms with Crippen LogP contribution in [0.2, 0.25) is 0 Å². The quantitative estimate of drug-likeness (QED) is 0.724. The molecule has 1 aromatic carbocycles. The van der Waals surface area contributed by atoms with Crippen molar-refractivity contribution in [2.75, 3.05) is 6.54 Å². The molecule has 1 saturated carbocycles. The minimum atomic E-state index is -3.54. The molecule has 6 heteroatoms. The summed E-state index contributed by atoms with van der Waals surface area (Å²) in [6, 6.07) is 8.64. The van der Waals surface area contributed by atoms with Crippen LogP contribution in [-0.2, 0) is 10.2 Å². The lowest BCUT2D eigenvalue weighted by Crippen LogP contribution is -2.40. The van der Waals surface area contributed by atoms with E-state index >= 15 is 0 Å². The molecular weight excluding hydrogens is 240 g/mol. The molecule has 0 atom stereocenters. The fraction of sp³-hybridized carbons (Fsp3) is 0.364. The molecule has 0 heterocycles. The molecule has 0 amide bonds. The molecule has 0 spiro atoms. The maximum absolute atomic E-state index is 11.6. The minimum absolute atomic E-state index is 0.0410. The highest BCUT2D eigenvalue weighted by Gasteiger charge is 2.26. The van der Waals surface area contributed by atoms with Crippen LogP contribution in [0, 0.1) is 0 Å². The van der Waals surface area contributed by atoms with Crippen LogP contribution in [0.1, 0.15) is 23.2 Å². The lowest BCUT2D eigenvalue weighted by Gasteiger charge is -2.06. The van der Waals surface area contributed by atoms with Crippen LogP contribution in [0.15, 0.2) is 30.3 Å². The highest BCUT2D eigenvalue weighted by molar-refractivity contribution is 7.87. The first kappa shape index (κ1) is 12.2. The molecule has 0 unspecified atom stereocenters. The molecule has 0 radical (unpaired) electrons. The fourth-order valence-electron chi connectivity index (χ4n) is 1.35. The Morgan fingerprint density at radius 1 is 1.24 bits per heavy atom. The van der Waals surface area contributed by atoms with Gasteiger partial charge in [-0.05, 0) is 12.8 Å². The van der Waals surface area contributed by atoms with Gasteiger partial charge in [-0.2, -0.15) is 17.9 Å². The molecule has 17 heavy (non-hydrogen) atoms. The molecular formula is C11H14N2O3S. The summed E-state index contributed by atoms with van der Waals surface area (Å²) in [5, 5.41) is 0. The third kappa shape index (κ3) is 3.92. The number of benzene rings is 1. The Labute approximate surface area is 100 Å². The molecule has 0 aromatic heterocycles. The monoisotopic (exact) mass is 254 g/mol. The van der Waals surface area contributed by atoms with Crippen molar-refractivity contribution < 1.29 is 13.2 Å². The maximum Gasteiger partial charge on any atom is 0.277 e. The van der Waals surface area contributed by atoms with E-state index in [1.165, 1.54) is 0 Å². The topological polar surface area (TPSA) is 75.3 Å². The second-order valence-electron chi connectivity index (χ2n) is 4.01. The molecule has 2 N–H and O–H groups in total. The van der Waals surface area contributed by atoms with Gasteiger partial charge in [-0.1, -0.05) is 30.3 Å². The van der Waals surface area contributed by atoms with Gasteiger partial charge in [0.1, 0.15) is 0 Å². The third-order valence-corrected chi connectivity index (χ3v) is 3.59. The number of carbonyl (C=O) groups excluding carboxylic acids is 1. The lowest BCUT2D eigenvalue weighted by atomic mass is 10.1. The van der Waals surface area contributed by atoms with Crippen LogP contribution in [0.4, 0.5) is 0 Å². The van der Waals surface area contributed by atoms with Crippen LogP contribution >= 0.6 is 0 Å². The Balaban J connectivity index is 1.87. The van der Waals surface area contributed by atoms with E-state index in [0.717, 1.165) is 12.8 Å². The minimum Gasteiger partial charge on any atom is -0.293 e. The predicted octanol–water partition coefficient (Wildman–Crippen LogP) is 0.456. The first-order valence-electron chi connectivity index (χ1n) is 5.42. The van der Waals surface area contributed by atoms with E-state index in [2.05, 4.69) is 9.44 Å². The third-order valence-electron chi connectivity index (χ3n) is 2.42. The molecule has 1 aliphatic carbocycles. The smallest absolute Gasteiger partial charge is 0.277 e. The average molecular weight is 254 g/mol. The molecule has 92 valence electrons. The van der Waals surface area contributed by atoms with Gasteiger partial charge in [-0.25, -0.2) is 0 Å². The second-order valence-corrected chi connectivity index (χ2v) is 5.54. The summed E-state index contributed by atoms with van der Waals surface area (Å²) in [7, 11) is -3.54. The summed E-state index contributed by atoms with van der Waals surface area (Å²) in [4.78, 5) is 11.6. The van der Waals surface area contributed by atoms with Crippen molar-refractivity contribution in [2.45, 2.75) is 18.9 Å². The molecule has 2 rings (SSSR count). The predicted molar refractivity (Wildman–Crippen MR) is 63.9 cm³/mol. The van der Waals surface area contributed by atoms with Crippen molar-refractivity contribution in [3.05, 3.63) is 35.9 Å². The molecule has 1 aliphatic rings. The number of carbonyl (C=O) groups is 1. The summed E-state index contributed by atoms with van der Waals surface area (Å²) in [6.45, 7) is -0.216. The van der Waals surface area contributed by atoms with Gasteiger partial charge in [-0.3, -0.25) is 4.79 Å². The van der Waals surface area contributed by atoms with Crippen molar-refractivity contribution in [3.8, 4) is 0 Å². The summed E-state index contributed by atoms with van der Waals surface area (Å²) in [5.41, 5.74) is 0.502. The van der Waals surface area contributed by atoms with Gasteiger partial charge >= 0.3 is 0 Å². The highest BCUT2D eigenvalue weighted by atomic mass is 32.2. The lowest BCUT2D eigenvalue weighted by molar-refractivity contribution is 0.0997. The van der Waals surface area contributed by atoms with E-state index in [4.69, 9.17) is 0 Å². The molecule has 0 bridgehead atoms. The molecule has 0 saturated heterocycles. The van der Waals surface area contributed by atoms with E-state index in [9.17, 15) is 13.2 Å². The van der Waals surface area contributed by atoms with Crippen LogP contribution in [0.3, 0.4) is 0 Å². The normalized spacial score (nSPS) is 15.8. The summed E-state index contributed by atoms with van der Waals surface area (Å²) in [5.74, 6) is -0.244. The number of rotatable bonds is 6. The van der Waals surface area contributed by atoms with Gasteiger partial charge in [0, 0.05) is 11.6 Å². The SMILES string of the molecule is O=C(CNS(=O)(=O)NC1CC1)c1ccccc1. The van der Waals surface area contributed by atoms with Crippen molar-refractivity contribution in [3.63, 3.8) is 0 Å². The van der Waals surface area contributed by atoms with E-state index < -0.39 is 10.2 Å². The summed E-state index contributed by atoms with van der Waals surface area (Å²) in [6.07, 6.45) is 1.74. The largest absolute Gasteiger partial charge is 0.293 e. The van der Waals surface area contributed by atoms with Gasteiger partial charge in [0.15, 0.2) is 5.78 Å². The number of nitrogens with one attached hydrogen (secondary N) is 2. The zero-order valence-electron chi connectivity index (χ0n) is 9.22. The molecule has 5 nitrogen and oxygen atoms in total. The average Bonchev–Trinajstić information content (AvgIpc) is 3.10. The number of hydrogen-bond donors (Lipinski definition) is 2. The number of Topliss-reactive ketones (excluding diaryl/α,β-unsaturated/α-hetero) is 1. The Morgan fingerprint density at radius 2 is 1.88 bits per heavy atom. The molecule has 1 fully saturated rings. The van der Waals surface area contributed by atoms with Crippen molar-refractivity contribution in [1.82, 2.24) is 9.44 Å². The maximum atomic E-state index is 11.6. The van der Waals surface area contributed by atoms with E-state index in [1.54, 1.807) is 30.3 Å². The van der Waals surface area contributed by atoms with Gasteiger partial charge in [-0.15, -0.1) is 0 Å². The van der Waals surface area contributed by atoms with Crippen LogP contribution in [-0.4, -0.2) is 26.8 Å². The Bertz CT molecular complexity index is 495. The number of hydrogen-bond acceptors (Lipinski definition) is 3. The molecule has 0 aliphatic heterocycles. The van der Waals surface area contributed by atoms with E-state index in [-0.39, 0.29) is 18.4 Å². The summed E-state index contributed by atoms with van der Waals surface area (Å²) >= 11 is 0. The Kier molecular flexibility index (Phi) is 3.56. The van der Waals surface area contributed by atoms with Gasteiger partial charge in [0.2, 0.25) is 0 Å². The Morgan fingerprint density at radius 3 is 2.47 bits per heavy atom.